The second-order valence-corrected chi connectivity index (χ2v) is 6.32. The highest BCUT2D eigenvalue weighted by Gasteiger charge is 2.21. The molecule has 0 spiro atoms. The van der Waals surface area contributed by atoms with Crippen molar-refractivity contribution in [3.63, 3.8) is 0 Å². The molecule has 1 atom stereocenters. The summed E-state index contributed by atoms with van der Waals surface area (Å²) >= 11 is 6.74. The van der Waals surface area contributed by atoms with E-state index in [0.717, 1.165) is 0 Å². The van der Waals surface area contributed by atoms with Gasteiger partial charge in [0.2, 0.25) is 0 Å². The summed E-state index contributed by atoms with van der Waals surface area (Å²) in [7, 11) is 0. The molecule has 0 aromatic heterocycles. The summed E-state index contributed by atoms with van der Waals surface area (Å²) in [5.41, 5.74) is 4.05. The Morgan fingerprint density at radius 3 is 2.17 bits per heavy atom. The third kappa shape index (κ3) is 3.51. The number of aryl methyl sites for hydroxylation is 2. The molecule has 0 N–H and O–H groups in total. The molecule has 0 aliphatic heterocycles. The predicted octanol–water partition coefficient (Wildman–Crippen LogP) is 5.94. The topological polar surface area (TPSA) is 0 Å². The summed E-state index contributed by atoms with van der Waals surface area (Å²) in [5, 5.41) is 0.211. The lowest BCUT2D eigenvalue weighted by Gasteiger charge is -2.25. The summed E-state index contributed by atoms with van der Waals surface area (Å²) in [6.45, 7) is 4.35. The van der Waals surface area contributed by atoms with Crippen molar-refractivity contribution in [2.24, 2.45) is 5.92 Å². The fourth-order valence-corrected chi connectivity index (χ4v) is 3.38. The summed E-state index contributed by atoms with van der Waals surface area (Å²) in [6, 6.07) is 6.72. The standard InChI is InChI=1S/C17H25Cl/c1-13-10-11-16(12-14(13)2)17(18)15-8-6-4-3-5-7-9-15/h10-12,15,17H,3-9H2,1-2H3. The number of hydrogen-bond acceptors (Lipinski definition) is 0. The molecule has 0 nitrogen and oxygen atoms in total. The molecule has 1 aromatic rings. The van der Waals surface area contributed by atoms with Gasteiger partial charge in [-0.05, 0) is 49.3 Å². The van der Waals surface area contributed by atoms with Crippen LogP contribution in [0.15, 0.2) is 18.2 Å². The minimum absolute atomic E-state index is 0.211. The quantitative estimate of drug-likeness (QED) is 0.580. The zero-order valence-corrected chi connectivity index (χ0v) is 12.5. The van der Waals surface area contributed by atoms with Crippen molar-refractivity contribution in [3.05, 3.63) is 34.9 Å². The molecule has 0 saturated heterocycles. The highest BCUT2D eigenvalue weighted by molar-refractivity contribution is 6.21. The Morgan fingerprint density at radius 1 is 0.944 bits per heavy atom. The SMILES string of the molecule is Cc1ccc(C(Cl)C2CCCCCCC2)cc1C. The van der Waals surface area contributed by atoms with Gasteiger partial charge in [0.05, 0.1) is 5.38 Å². The average Bonchev–Trinajstić information content (AvgIpc) is 2.31. The lowest BCUT2D eigenvalue weighted by atomic mass is 9.86. The van der Waals surface area contributed by atoms with Crippen molar-refractivity contribution in [2.75, 3.05) is 0 Å². The maximum absolute atomic E-state index is 6.74. The van der Waals surface area contributed by atoms with Gasteiger partial charge >= 0.3 is 0 Å². The fourth-order valence-electron chi connectivity index (χ4n) is 2.99. The van der Waals surface area contributed by atoms with Gasteiger partial charge in [-0.15, -0.1) is 11.6 Å². The van der Waals surface area contributed by atoms with Gasteiger partial charge in [-0.25, -0.2) is 0 Å². The molecule has 1 aliphatic rings. The Kier molecular flexibility index (Phi) is 5.12. The van der Waals surface area contributed by atoms with Crippen LogP contribution in [0.5, 0.6) is 0 Å². The van der Waals surface area contributed by atoms with Crippen LogP contribution in [0.2, 0.25) is 0 Å². The first kappa shape index (κ1) is 13.9. The molecule has 18 heavy (non-hydrogen) atoms. The van der Waals surface area contributed by atoms with Gasteiger partial charge in [0, 0.05) is 0 Å². The van der Waals surface area contributed by atoms with Gasteiger partial charge in [0.1, 0.15) is 0 Å². The number of rotatable bonds is 2. The van der Waals surface area contributed by atoms with E-state index in [1.165, 1.54) is 61.6 Å². The normalized spacial score (nSPS) is 20.2. The zero-order chi connectivity index (χ0) is 13.0. The van der Waals surface area contributed by atoms with Gasteiger partial charge in [-0.3, -0.25) is 0 Å². The number of hydrogen-bond donors (Lipinski definition) is 0. The van der Waals surface area contributed by atoms with Crippen LogP contribution in [0.3, 0.4) is 0 Å². The summed E-state index contributed by atoms with van der Waals surface area (Å²) in [4.78, 5) is 0. The predicted molar refractivity (Wildman–Crippen MR) is 80.3 cm³/mol. The molecule has 100 valence electrons. The highest BCUT2D eigenvalue weighted by atomic mass is 35.5. The van der Waals surface area contributed by atoms with Crippen LogP contribution in [0.1, 0.15) is 67.0 Å². The van der Waals surface area contributed by atoms with Crippen LogP contribution in [-0.2, 0) is 0 Å². The largest absolute Gasteiger partial charge is 0.118 e. The molecule has 1 aliphatic carbocycles. The second kappa shape index (κ2) is 6.61. The van der Waals surface area contributed by atoms with E-state index < -0.39 is 0 Å². The van der Waals surface area contributed by atoms with Gasteiger partial charge in [-0.2, -0.15) is 0 Å². The highest BCUT2D eigenvalue weighted by Crippen LogP contribution is 2.37. The molecule has 1 saturated carbocycles. The number of benzene rings is 1. The van der Waals surface area contributed by atoms with E-state index >= 15 is 0 Å². The Hall–Kier alpha value is -0.490. The van der Waals surface area contributed by atoms with E-state index in [2.05, 4.69) is 32.0 Å². The maximum Gasteiger partial charge on any atom is 0.0613 e. The lowest BCUT2D eigenvalue weighted by Crippen LogP contribution is -2.10. The van der Waals surface area contributed by atoms with E-state index in [1.807, 2.05) is 0 Å². The van der Waals surface area contributed by atoms with Crippen molar-refractivity contribution in [1.82, 2.24) is 0 Å². The first-order valence-electron chi connectivity index (χ1n) is 7.39. The van der Waals surface area contributed by atoms with Crippen molar-refractivity contribution in [3.8, 4) is 0 Å². The average molecular weight is 265 g/mol. The van der Waals surface area contributed by atoms with Crippen molar-refractivity contribution < 1.29 is 0 Å². The molecule has 0 bridgehead atoms. The Bertz CT molecular complexity index is 375. The van der Waals surface area contributed by atoms with Crippen LogP contribution in [-0.4, -0.2) is 0 Å². The summed E-state index contributed by atoms with van der Waals surface area (Å²) in [5.74, 6) is 0.675. The molecule has 2 rings (SSSR count). The van der Waals surface area contributed by atoms with E-state index in [4.69, 9.17) is 11.6 Å². The molecule has 0 heterocycles. The van der Waals surface area contributed by atoms with E-state index in [1.54, 1.807) is 0 Å². The molecule has 1 aromatic carbocycles. The zero-order valence-electron chi connectivity index (χ0n) is 11.7. The molecule has 0 radical (unpaired) electrons. The second-order valence-electron chi connectivity index (χ2n) is 5.85. The molecule has 1 unspecified atom stereocenters. The third-order valence-corrected chi connectivity index (χ3v) is 5.02. The third-order valence-electron chi connectivity index (χ3n) is 4.41. The van der Waals surface area contributed by atoms with Gasteiger partial charge < -0.3 is 0 Å². The number of alkyl halides is 1. The Balaban J connectivity index is 2.08. The maximum atomic E-state index is 6.74. The monoisotopic (exact) mass is 264 g/mol. The Labute approximate surface area is 117 Å². The molecule has 0 amide bonds. The number of halogens is 1. The summed E-state index contributed by atoms with van der Waals surface area (Å²) in [6.07, 6.45) is 9.54. The molecule has 1 fully saturated rings. The van der Waals surface area contributed by atoms with Crippen molar-refractivity contribution in [1.29, 1.82) is 0 Å². The van der Waals surface area contributed by atoms with Gasteiger partial charge in [-0.1, -0.05) is 50.3 Å². The molecular weight excluding hydrogens is 240 g/mol. The minimum atomic E-state index is 0.211. The Morgan fingerprint density at radius 2 is 1.56 bits per heavy atom. The minimum Gasteiger partial charge on any atom is -0.118 e. The van der Waals surface area contributed by atoms with Crippen LogP contribution in [0.4, 0.5) is 0 Å². The van der Waals surface area contributed by atoms with Crippen molar-refractivity contribution in [2.45, 2.75) is 64.2 Å². The van der Waals surface area contributed by atoms with E-state index in [-0.39, 0.29) is 5.38 Å². The van der Waals surface area contributed by atoms with Gasteiger partial charge in [0.15, 0.2) is 0 Å². The van der Waals surface area contributed by atoms with Crippen LogP contribution in [0.25, 0.3) is 0 Å². The lowest BCUT2D eigenvalue weighted by molar-refractivity contribution is 0.368. The first-order chi connectivity index (χ1) is 8.68. The fraction of sp³-hybridized carbons (Fsp3) is 0.647. The van der Waals surface area contributed by atoms with Crippen LogP contribution < -0.4 is 0 Å². The first-order valence-corrected chi connectivity index (χ1v) is 7.83. The van der Waals surface area contributed by atoms with E-state index in [0.29, 0.717) is 5.92 Å². The smallest absolute Gasteiger partial charge is 0.0613 e. The van der Waals surface area contributed by atoms with Crippen LogP contribution >= 0.6 is 11.6 Å². The van der Waals surface area contributed by atoms with Gasteiger partial charge in [0.25, 0.3) is 0 Å². The van der Waals surface area contributed by atoms with E-state index in [9.17, 15) is 0 Å². The molecular formula is C17H25Cl. The summed E-state index contributed by atoms with van der Waals surface area (Å²) < 4.78 is 0. The molecule has 1 heteroatoms. The van der Waals surface area contributed by atoms with Crippen molar-refractivity contribution >= 4 is 11.6 Å². The van der Waals surface area contributed by atoms with Crippen LogP contribution in [0, 0.1) is 19.8 Å².